The summed E-state index contributed by atoms with van der Waals surface area (Å²) in [5.74, 6) is 1.04. The largest absolute Gasteiger partial charge is 0.508 e. The van der Waals surface area contributed by atoms with Crippen LogP contribution in [-0.4, -0.2) is 5.11 Å². The number of hydrogen-bond donors (Lipinski definition) is 1. The Morgan fingerprint density at radius 2 is 1.12 bits per heavy atom. The van der Waals surface area contributed by atoms with Crippen LogP contribution in [0.4, 0.5) is 0 Å². The van der Waals surface area contributed by atoms with Gasteiger partial charge in [0.25, 0.3) is 0 Å². The summed E-state index contributed by atoms with van der Waals surface area (Å²) in [6.07, 6.45) is 18.7. The van der Waals surface area contributed by atoms with E-state index in [2.05, 4.69) is 26.0 Å². The van der Waals surface area contributed by atoms with Gasteiger partial charge in [-0.05, 0) is 30.4 Å². The van der Waals surface area contributed by atoms with Crippen molar-refractivity contribution >= 4 is 0 Å². The molecule has 1 heteroatoms. The summed E-state index contributed by atoms with van der Waals surface area (Å²) >= 11 is 0. The molecule has 0 amide bonds. The van der Waals surface area contributed by atoms with Gasteiger partial charge in [-0.3, -0.25) is 0 Å². The van der Waals surface area contributed by atoms with Gasteiger partial charge >= 0.3 is 0 Å². The van der Waals surface area contributed by atoms with Crippen LogP contribution in [0.1, 0.15) is 115 Å². The van der Waals surface area contributed by atoms with Crippen LogP contribution in [0.15, 0.2) is 24.3 Å². The number of phenols is 1. The topological polar surface area (TPSA) is 20.2 Å². The van der Waals surface area contributed by atoms with E-state index < -0.39 is 0 Å². The van der Waals surface area contributed by atoms with Crippen LogP contribution in [0.2, 0.25) is 0 Å². The monoisotopic (exact) mass is 332 g/mol. The van der Waals surface area contributed by atoms with E-state index >= 15 is 0 Å². The van der Waals surface area contributed by atoms with Gasteiger partial charge in [-0.1, -0.05) is 109 Å². The highest BCUT2D eigenvalue weighted by Crippen LogP contribution is 2.33. The van der Waals surface area contributed by atoms with Gasteiger partial charge in [-0.15, -0.1) is 0 Å². The first kappa shape index (κ1) is 21.1. The molecule has 0 aliphatic carbocycles. The van der Waals surface area contributed by atoms with E-state index in [1.54, 1.807) is 0 Å². The molecule has 0 fully saturated rings. The molecular weight excluding hydrogens is 292 g/mol. The molecule has 1 rings (SSSR count). The highest BCUT2D eigenvalue weighted by atomic mass is 16.3. The molecule has 138 valence electrons. The highest BCUT2D eigenvalue weighted by molar-refractivity contribution is 5.34. The molecular formula is C23H40O. The molecule has 0 aromatic heterocycles. The Kier molecular flexibility index (Phi) is 12.6. The summed E-state index contributed by atoms with van der Waals surface area (Å²) in [5, 5.41) is 10.2. The molecule has 24 heavy (non-hydrogen) atoms. The number of phenolic OH excluding ortho intramolecular Hbond substituents is 1. The fourth-order valence-corrected chi connectivity index (χ4v) is 3.63. The van der Waals surface area contributed by atoms with Crippen molar-refractivity contribution in [2.45, 2.75) is 110 Å². The third kappa shape index (κ3) is 9.35. The maximum absolute atomic E-state index is 10.2. The van der Waals surface area contributed by atoms with Gasteiger partial charge < -0.3 is 5.11 Å². The molecule has 1 N–H and O–H groups in total. The van der Waals surface area contributed by atoms with Crippen molar-refractivity contribution in [1.29, 1.82) is 0 Å². The van der Waals surface area contributed by atoms with Crippen molar-refractivity contribution in [2.75, 3.05) is 0 Å². The Bertz CT molecular complexity index is 383. The second-order valence-electron chi connectivity index (χ2n) is 7.37. The summed E-state index contributed by atoms with van der Waals surface area (Å²) in [4.78, 5) is 0. The average molecular weight is 333 g/mol. The SMILES string of the molecule is CCCCCCCCC(CCCCCCCC)c1ccccc1O. The van der Waals surface area contributed by atoms with Gasteiger partial charge in [0, 0.05) is 0 Å². The van der Waals surface area contributed by atoms with Crippen LogP contribution >= 0.6 is 0 Å². The van der Waals surface area contributed by atoms with E-state index in [1.165, 1.54) is 95.5 Å². The Balaban J connectivity index is 2.38. The van der Waals surface area contributed by atoms with E-state index in [-0.39, 0.29) is 0 Å². The van der Waals surface area contributed by atoms with Crippen molar-refractivity contribution in [3.63, 3.8) is 0 Å². The minimum Gasteiger partial charge on any atom is -0.508 e. The summed E-state index contributed by atoms with van der Waals surface area (Å²) in [6.45, 7) is 4.55. The molecule has 0 unspecified atom stereocenters. The van der Waals surface area contributed by atoms with Crippen molar-refractivity contribution in [3.8, 4) is 5.75 Å². The number of unbranched alkanes of at least 4 members (excludes halogenated alkanes) is 10. The van der Waals surface area contributed by atoms with Gasteiger partial charge in [0.2, 0.25) is 0 Å². The summed E-state index contributed by atoms with van der Waals surface area (Å²) in [5.41, 5.74) is 1.18. The average Bonchev–Trinajstić information content (AvgIpc) is 2.60. The van der Waals surface area contributed by atoms with Crippen LogP contribution in [-0.2, 0) is 0 Å². The molecule has 0 saturated heterocycles. The van der Waals surface area contributed by atoms with Crippen LogP contribution in [0.25, 0.3) is 0 Å². The first-order valence-electron chi connectivity index (χ1n) is 10.6. The second-order valence-corrected chi connectivity index (χ2v) is 7.37. The maximum Gasteiger partial charge on any atom is 0.119 e. The number of aromatic hydroxyl groups is 1. The lowest BCUT2D eigenvalue weighted by atomic mass is 9.87. The highest BCUT2D eigenvalue weighted by Gasteiger charge is 2.14. The molecule has 1 nitrogen and oxygen atoms in total. The first-order valence-corrected chi connectivity index (χ1v) is 10.6. The van der Waals surface area contributed by atoms with E-state index in [0.29, 0.717) is 11.7 Å². The molecule has 1 aromatic rings. The van der Waals surface area contributed by atoms with Crippen LogP contribution in [0.3, 0.4) is 0 Å². The zero-order valence-corrected chi connectivity index (χ0v) is 16.2. The van der Waals surface area contributed by atoms with Crippen LogP contribution in [0, 0.1) is 0 Å². The van der Waals surface area contributed by atoms with Crippen LogP contribution < -0.4 is 0 Å². The zero-order valence-electron chi connectivity index (χ0n) is 16.2. The fourth-order valence-electron chi connectivity index (χ4n) is 3.63. The van der Waals surface area contributed by atoms with Crippen molar-refractivity contribution in [3.05, 3.63) is 29.8 Å². The standard InChI is InChI=1S/C23H40O/c1-3-5-7-9-11-13-17-21(18-14-12-10-8-6-4-2)22-19-15-16-20-23(22)24/h15-16,19-21,24H,3-14,17-18H2,1-2H3. The number of rotatable bonds is 15. The minimum absolute atomic E-state index is 0.500. The molecule has 0 saturated carbocycles. The molecule has 1 aromatic carbocycles. The molecule has 0 aliphatic rings. The molecule has 0 aliphatic heterocycles. The summed E-state index contributed by atoms with van der Waals surface area (Å²) in [7, 11) is 0. The lowest BCUT2D eigenvalue weighted by molar-refractivity contribution is 0.438. The maximum atomic E-state index is 10.2. The zero-order chi connectivity index (χ0) is 17.5. The third-order valence-electron chi connectivity index (χ3n) is 5.19. The van der Waals surface area contributed by atoms with Crippen LogP contribution in [0.5, 0.6) is 5.75 Å². The van der Waals surface area contributed by atoms with Gasteiger partial charge in [0.05, 0.1) is 0 Å². The lowest BCUT2D eigenvalue weighted by Crippen LogP contribution is -2.00. The van der Waals surface area contributed by atoms with Gasteiger partial charge in [-0.2, -0.15) is 0 Å². The Hall–Kier alpha value is -0.980. The predicted molar refractivity (Wildman–Crippen MR) is 107 cm³/mol. The molecule has 0 bridgehead atoms. The van der Waals surface area contributed by atoms with Crippen molar-refractivity contribution < 1.29 is 5.11 Å². The second kappa shape index (κ2) is 14.4. The lowest BCUT2D eigenvalue weighted by Gasteiger charge is -2.18. The smallest absolute Gasteiger partial charge is 0.119 e. The Morgan fingerprint density at radius 3 is 1.62 bits per heavy atom. The van der Waals surface area contributed by atoms with E-state index in [4.69, 9.17) is 0 Å². The molecule has 0 spiro atoms. The fraction of sp³-hybridized carbons (Fsp3) is 0.739. The normalized spacial score (nSPS) is 11.3. The van der Waals surface area contributed by atoms with Crippen molar-refractivity contribution in [1.82, 2.24) is 0 Å². The number of benzene rings is 1. The van der Waals surface area contributed by atoms with Crippen molar-refractivity contribution in [2.24, 2.45) is 0 Å². The van der Waals surface area contributed by atoms with Gasteiger partial charge in [0.1, 0.15) is 5.75 Å². The molecule has 0 radical (unpaired) electrons. The minimum atomic E-state index is 0.500. The van der Waals surface area contributed by atoms with Gasteiger partial charge in [-0.25, -0.2) is 0 Å². The first-order chi connectivity index (χ1) is 11.8. The third-order valence-corrected chi connectivity index (χ3v) is 5.19. The van der Waals surface area contributed by atoms with Gasteiger partial charge in [0.15, 0.2) is 0 Å². The predicted octanol–water partition coefficient (Wildman–Crippen LogP) is 7.98. The van der Waals surface area contributed by atoms with E-state index in [0.717, 1.165) is 0 Å². The Labute approximate surface area is 150 Å². The van der Waals surface area contributed by atoms with E-state index in [9.17, 15) is 5.11 Å². The molecule has 0 atom stereocenters. The summed E-state index contributed by atoms with van der Waals surface area (Å²) < 4.78 is 0. The van der Waals surface area contributed by atoms with E-state index in [1.807, 2.05) is 12.1 Å². The molecule has 0 heterocycles. The summed E-state index contributed by atoms with van der Waals surface area (Å²) in [6, 6.07) is 7.99. The number of hydrogen-bond acceptors (Lipinski definition) is 1. The quantitative estimate of drug-likeness (QED) is 0.323. The Morgan fingerprint density at radius 1 is 0.667 bits per heavy atom. The number of para-hydroxylation sites is 1.